The standard InChI is InChI=1S/C8H18N2S4/c1-2-12-6-10-8-14-4-3-13-7-9-5-11-1/h9-10H,1-8H2. The molecule has 0 radical (unpaired) electrons. The molecule has 0 aliphatic carbocycles. The molecule has 84 valence electrons. The Labute approximate surface area is 104 Å². The van der Waals surface area contributed by atoms with Gasteiger partial charge in [0.25, 0.3) is 0 Å². The highest BCUT2D eigenvalue weighted by Crippen LogP contribution is 2.08. The average Bonchev–Trinajstić information content (AvgIpc) is 2.22. The van der Waals surface area contributed by atoms with Crippen molar-refractivity contribution in [1.82, 2.24) is 10.6 Å². The first-order chi connectivity index (χ1) is 7.00. The summed E-state index contributed by atoms with van der Waals surface area (Å²) in [4.78, 5) is 0. The highest BCUT2D eigenvalue weighted by atomic mass is 32.2. The van der Waals surface area contributed by atoms with Crippen LogP contribution in [0.25, 0.3) is 0 Å². The maximum atomic E-state index is 3.43. The molecule has 1 aliphatic heterocycles. The summed E-state index contributed by atoms with van der Waals surface area (Å²) >= 11 is 8.01. The SMILES string of the molecule is C1CSCNCSCCSCNCS1. The normalized spacial score (nSPS) is 24.0. The summed E-state index contributed by atoms with van der Waals surface area (Å²) in [5, 5.41) is 6.86. The fourth-order valence-corrected chi connectivity index (χ4v) is 4.60. The molecule has 1 heterocycles. The van der Waals surface area contributed by atoms with Gasteiger partial charge >= 0.3 is 0 Å². The molecule has 1 saturated heterocycles. The van der Waals surface area contributed by atoms with E-state index in [-0.39, 0.29) is 0 Å². The number of hydrogen-bond donors (Lipinski definition) is 2. The molecular weight excluding hydrogens is 252 g/mol. The number of thioether (sulfide) groups is 4. The number of nitrogens with one attached hydrogen (secondary N) is 2. The maximum absolute atomic E-state index is 3.43. The molecule has 0 unspecified atom stereocenters. The van der Waals surface area contributed by atoms with Gasteiger partial charge in [0.05, 0.1) is 0 Å². The summed E-state index contributed by atoms with van der Waals surface area (Å²) in [6.45, 7) is 0. The van der Waals surface area contributed by atoms with Gasteiger partial charge in [-0.05, 0) is 0 Å². The van der Waals surface area contributed by atoms with Crippen LogP contribution in [-0.2, 0) is 0 Å². The molecule has 0 aromatic heterocycles. The van der Waals surface area contributed by atoms with E-state index in [0.29, 0.717) is 0 Å². The first-order valence-electron chi connectivity index (χ1n) is 4.72. The van der Waals surface area contributed by atoms with Crippen molar-refractivity contribution in [1.29, 1.82) is 0 Å². The summed E-state index contributed by atoms with van der Waals surface area (Å²) in [5.74, 6) is 9.47. The summed E-state index contributed by atoms with van der Waals surface area (Å²) in [6, 6.07) is 0. The Morgan fingerprint density at radius 2 is 0.786 bits per heavy atom. The van der Waals surface area contributed by atoms with Crippen LogP contribution < -0.4 is 10.6 Å². The van der Waals surface area contributed by atoms with Crippen LogP contribution >= 0.6 is 47.0 Å². The van der Waals surface area contributed by atoms with Crippen molar-refractivity contribution in [2.24, 2.45) is 0 Å². The molecule has 0 saturated carbocycles. The zero-order chi connectivity index (χ0) is 9.90. The Kier molecular flexibility index (Phi) is 10.3. The van der Waals surface area contributed by atoms with Gasteiger partial charge in [-0.3, -0.25) is 10.6 Å². The van der Waals surface area contributed by atoms with E-state index >= 15 is 0 Å². The van der Waals surface area contributed by atoms with Crippen LogP contribution in [0.3, 0.4) is 0 Å². The average molecular weight is 271 g/mol. The van der Waals surface area contributed by atoms with E-state index in [2.05, 4.69) is 10.6 Å². The predicted octanol–water partition coefficient (Wildman–Crippen LogP) is 1.94. The quantitative estimate of drug-likeness (QED) is 0.698. The van der Waals surface area contributed by atoms with Gasteiger partial charge in [0.2, 0.25) is 0 Å². The maximum Gasteiger partial charge on any atom is 0.0424 e. The van der Waals surface area contributed by atoms with Gasteiger partial charge in [-0.25, -0.2) is 0 Å². The van der Waals surface area contributed by atoms with Crippen molar-refractivity contribution >= 4 is 47.0 Å². The zero-order valence-corrected chi connectivity index (χ0v) is 11.6. The summed E-state index contributed by atoms with van der Waals surface area (Å²) in [5.41, 5.74) is 0. The molecule has 1 aliphatic rings. The second-order valence-corrected chi connectivity index (χ2v) is 7.13. The van der Waals surface area contributed by atoms with Crippen molar-refractivity contribution in [2.45, 2.75) is 0 Å². The molecule has 0 spiro atoms. The molecule has 6 heteroatoms. The highest BCUT2D eigenvalue weighted by molar-refractivity contribution is 8.03. The second-order valence-electron chi connectivity index (χ2n) is 2.71. The van der Waals surface area contributed by atoms with Crippen molar-refractivity contribution in [2.75, 3.05) is 46.5 Å². The van der Waals surface area contributed by atoms with Crippen molar-refractivity contribution in [3.8, 4) is 0 Å². The molecule has 2 N–H and O–H groups in total. The van der Waals surface area contributed by atoms with E-state index in [1.165, 1.54) is 23.0 Å². The third kappa shape index (κ3) is 8.61. The molecule has 0 amide bonds. The minimum atomic E-state index is 1.11. The topological polar surface area (TPSA) is 24.1 Å². The van der Waals surface area contributed by atoms with Crippen LogP contribution in [-0.4, -0.2) is 46.5 Å². The molecule has 0 aromatic carbocycles. The Hall–Kier alpha value is 1.32. The van der Waals surface area contributed by atoms with Crippen molar-refractivity contribution in [3.05, 3.63) is 0 Å². The lowest BCUT2D eigenvalue weighted by molar-refractivity contribution is 0.943. The van der Waals surface area contributed by atoms with E-state index in [0.717, 1.165) is 23.5 Å². The first-order valence-corrected chi connectivity index (χ1v) is 9.34. The van der Waals surface area contributed by atoms with Crippen LogP contribution in [0.5, 0.6) is 0 Å². The minimum absolute atomic E-state index is 1.11. The fraction of sp³-hybridized carbons (Fsp3) is 1.00. The Morgan fingerprint density at radius 1 is 0.500 bits per heavy atom. The van der Waals surface area contributed by atoms with Gasteiger partial charge in [-0.15, -0.1) is 47.0 Å². The summed E-state index contributed by atoms with van der Waals surface area (Å²) in [6.07, 6.45) is 0. The summed E-state index contributed by atoms with van der Waals surface area (Å²) < 4.78 is 0. The van der Waals surface area contributed by atoms with E-state index < -0.39 is 0 Å². The van der Waals surface area contributed by atoms with Gasteiger partial charge in [-0.1, -0.05) is 0 Å². The van der Waals surface area contributed by atoms with Crippen LogP contribution in [0.1, 0.15) is 0 Å². The third-order valence-electron chi connectivity index (χ3n) is 1.56. The molecular formula is C8H18N2S4. The largest absolute Gasteiger partial charge is 0.299 e. The van der Waals surface area contributed by atoms with Crippen LogP contribution in [0.2, 0.25) is 0 Å². The third-order valence-corrected chi connectivity index (χ3v) is 5.68. The Morgan fingerprint density at radius 3 is 1.07 bits per heavy atom. The second kappa shape index (κ2) is 10.8. The molecule has 0 aromatic rings. The van der Waals surface area contributed by atoms with E-state index in [1.807, 2.05) is 47.0 Å². The predicted molar refractivity (Wildman–Crippen MR) is 75.6 cm³/mol. The zero-order valence-electron chi connectivity index (χ0n) is 8.29. The van der Waals surface area contributed by atoms with Gasteiger partial charge in [0.1, 0.15) is 0 Å². The molecule has 1 rings (SSSR count). The van der Waals surface area contributed by atoms with E-state index in [1.54, 1.807) is 0 Å². The van der Waals surface area contributed by atoms with E-state index in [9.17, 15) is 0 Å². The minimum Gasteiger partial charge on any atom is -0.299 e. The highest BCUT2D eigenvalue weighted by Gasteiger charge is 1.94. The van der Waals surface area contributed by atoms with E-state index in [4.69, 9.17) is 0 Å². The van der Waals surface area contributed by atoms with Gasteiger partial charge < -0.3 is 0 Å². The number of rotatable bonds is 0. The number of hydrogen-bond acceptors (Lipinski definition) is 6. The fourth-order valence-electron chi connectivity index (χ4n) is 0.896. The van der Waals surface area contributed by atoms with Crippen LogP contribution in [0.15, 0.2) is 0 Å². The molecule has 14 heavy (non-hydrogen) atoms. The van der Waals surface area contributed by atoms with Crippen LogP contribution in [0, 0.1) is 0 Å². The Bertz CT molecular complexity index is 72.6. The van der Waals surface area contributed by atoms with Crippen LogP contribution in [0.4, 0.5) is 0 Å². The molecule has 2 nitrogen and oxygen atoms in total. The van der Waals surface area contributed by atoms with Gasteiger partial charge in [0, 0.05) is 46.5 Å². The lowest BCUT2D eigenvalue weighted by Gasteiger charge is -2.08. The summed E-state index contributed by atoms with van der Waals surface area (Å²) in [7, 11) is 0. The molecule has 0 bridgehead atoms. The lowest BCUT2D eigenvalue weighted by Crippen LogP contribution is -2.16. The first kappa shape index (κ1) is 13.4. The molecule has 1 fully saturated rings. The molecule has 0 atom stereocenters. The van der Waals surface area contributed by atoms with Gasteiger partial charge in [0.15, 0.2) is 0 Å². The van der Waals surface area contributed by atoms with Crippen molar-refractivity contribution in [3.63, 3.8) is 0 Å². The van der Waals surface area contributed by atoms with Crippen molar-refractivity contribution < 1.29 is 0 Å². The monoisotopic (exact) mass is 270 g/mol. The Balaban J connectivity index is 2.00. The smallest absolute Gasteiger partial charge is 0.0424 e. The lowest BCUT2D eigenvalue weighted by atomic mass is 11.0. The van der Waals surface area contributed by atoms with Gasteiger partial charge in [-0.2, -0.15) is 0 Å².